The molecule has 48 valence electrons. The molecule has 8 heavy (non-hydrogen) atoms. The maximum absolute atomic E-state index is 5.57. The number of nitrogens with one attached hydrogen (secondary N) is 2. The molecule has 4 N–H and O–H groups in total. The molecule has 0 spiro atoms. The zero-order chi connectivity index (χ0) is 5.98. The van der Waals surface area contributed by atoms with E-state index in [1.807, 2.05) is 6.92 Å². The van der Waals surface area contributed by atoms with Crippen LogP contribution < -0.4 is 16.4 Å². The quantitative estimate of drug-likeness (QED) is 0.404. The molecule has 0 saturated carbocycles. The van der Waals surface area contributed by atoms with Gasteiger partial charge >= 0.3 is 0 Å². The first kappa shape index (κ1) is 6.01. The van der Waals surface area contributed by atoms with Crippen molar-refractivity contribution in [2.75, 3.05) is 13.1 Å². The van der Waals surface area contributed by atoms with Crippen molar-refractivity contribution in [1.82, 2.24) is 10.6 Å². The van der Waals surface area contributed by atoms with Crippen LogP contribution in [0.1, 0.15) is 6.92 Å². The van der Waals surface area contributed by atoms with Gasteiger partial charge in [-0.1, -0.05) is 0 Å². The van der Waals surface area contributed by atoms with E-state index in [2.05, 4.69) is 10.6 Å². The van der Waals surface area contributed by atoms with Gasteiger partial charge in [-0.15, -0.1) is 0 Å². The van der Waals surface area contributed by atoms with Crippen LogP contribution >= 0.6 is 0 Å². The fraction of sp³-hybridized carbons (Fsp3) is 1.00. The van der Waals surface area contributed by atoms with Crippen LogP contribution in [0.15, 0.2) is 0 Å². The zero-order valence-corrected chi connectivity index (χ0v) is 5.15. The molecule has 1 rings (SSSR count). The Kier molecular flexibility index (Phi) is 1.83. The molecule has 0 bridgehead atoms. The highest BCUT2D eigenvalue weighted by atomic mass is 15.2. The SMILES string of the molecule is CC(N)C1NCCN1. The minimum atomic E-state index is 0.220. The largest absolute Gasteiger partial charge is 0.325 e. The Balaban J connectivity index is 2.24. The third-order valence-corrected chi connectivity index (χ3v) is 1.38. The van der Waals surface area contributed by atoms with Crippen molar-refractivity contribution in [3.8, 4) is 0 Å². The predicted molar refractivity (Wildman–Crippen MR) is 33.4 cm³/mol. The van der Waals surface area contributed by atoms with Crippen LogP contribution in [0.3, 0.4) is 0 Å². The highest BCUT2D eigenvalue weighted by Gasteiger charge is 2.15. The van der Waals surface area contributed by atoms with Gasteiger partial charge in [0.25, 0.3) is 0 Å². The summed E-state index contributed by atoms with van der Waals surface area (Å²) in [5, 5.41) is 6.44. The van der Waals surface area contributed by atoms with Crippen LogP contribution in [-0.2, 0) is 0 Å². The third-order valence-electron chi connectivity index (χ3n) is 1.38. The van der Waals surface area contributed by atoms with Crippen molar-refractivity contribution >= 4 is 0 Å². The Morgan fingerprint density at radius 2 is 2.00 bits per heavy atom. The van der Waals surface area contributed by atoms with Gasteiger partial charge in [-0.2, -0.15) is 0 Å². The fourth-order valence-corrected chi connectivity index (χ4v) is 0.899. The van der Waals surface area contributed by atoms with Crippen molar-refractivity contribution in [2.24, 2.45) is 5.73 Å². The molecule has 1 aliphatic rings. The van der Waals surface area contributed by atoms with Crippen LogP contribution in [0.5, 0.6) is 0 Å². The van der Waals surface area contributed by atoms with Crippen LogP contribution in [0, 0.1) is 0 Å². The van der Waals surface area contributed by atoms with Gasteiger partial charge in [0.15, 0.2) is 0 Å². The smallest absolute Gasteiger partial charge is 0.0726 e. The summed E-state index contributed by atoms with van der Waals surface area (Å²) in [6.07, 6.45) is 0.343. The lowest BCUT2D eigenvalue weighted by molar-refractivity contribution is 0.473. The maximum atomic E-state index is 5.57. The van der Waals surface area contributed by atoms with E-state index in [4.69, 9.17) is 5.73 Å². The second kappa shape index (κ2) is 2.44. The molecule has 0 radical (unpaired) electrons. The molecular weight excluding hydrogens is 102 g/mol. The van der Waals surface area contributed by atoms with Gasteiger partial charge in [-0.25, -0.2) is 0 Å². The van der Waals surface area contributed by atoms with E-state index in [1.165, 1.54) is 0 Å². The molecular formula is C5H13N3. The van der Waals surface area contributed by atoms with Crippen LogP contribution in [0.2, 0.25) is 0 Å². The Hall–Kier alpha value is -0.120. The molecule has 1 heterocycles. The van der Waals surface area contributed by atoms with Crippen molar-refractivity contribution in [2.45, 2.75) is 19.1 Å². The molecule has 1 aliphatic heterocycles. The lowest BCUT2D eigenvalue weighted by atomic mass is 10.3. The molecule has 0 aromatic rings. The molecule has 3 heteroatoms. The monoisotopic (exact) mass is 115 g/mol. The summed E-state index contributed by atoms with van der Waals surface area (Å²) in [5.41, 5.74) is 5.57. The van der Waals surface area contributed by atoms with Crippen molar-refractivity contribution < 1.29 is 0 Å². The molecule has 0 aliphatic carbocycles. The summed E-state index contributed by atoms with van der Waals surface area (Å²) >= 11 is 0. The Labute approximate surface area is 49.6 Å². The van der Waals surface area contributed by atoms with E-state index in [0.717, 1.165) is 13.1 Å². The first-order chi connectivity index (χ1) is 3.80. The first-order valence-electron chi connectivity index (χ1n) is 3.03. The normalized spacial score (nSPS) is 26.2. The second-order valence-electron chi connectivity index (χ2n) is 2.25. The Bertz CT molecular complexity index is 66.1. The third kappa shape index (κ3) is 1.18. The van der Waals surface area contributed by atoms with Crippen LogP contribution in [0.4, 0.5) is 0 Å². The van der Waals surface area contributed by atoms with E-state index in [1.54, 1.807) is 0 Å². The Morgan fingerprint density at radius 3 is 2.25 bits per heavy atom. The number of hydrogen-bond acceptors (Lipinski definition) is 3. The molecule has 3 nitrogen and oxygen atoms in total. The summed E-state index contributed by atoms with van der Waals surface area (Å²) in [7, 11) is 0. The molecule has 1 fully saturated rings. The minimum Gasteiger partial charge on any atom is -0.325 e. The molecule has 1 saturated heterocycles. The topological polar surface area (TPSA) is 50.1 Å². The second-order valence-corrected chi connectivity index (χ2v) is 2.25. The van der Waals surface area contributed by atoms with Gasteiger partial charge in [0, 0.05) is 19.1 Å². The summed E-state index contributed by atoms with van der Waals surface area (Å²) in [6.45, 7) is 4.09. The summed E-state index contributed by atoms with van der Waals surface area (Å²) < 4.78 is 0. The predicted octanol–water partition coefficient (Wildman–Crippen LogP) is -1.15. The van der Waals surface area contributed by atoms with Gasteiger partial charge in [-0.05, 0) is 6.92 Å². The highest BCUT2D eigenvalue weighted by Crippen LogP contribution is 1.88. The van der Waals surface area contributed by atoms with Crippen LogP contribution in [-0.4, -0.2) is 25.3 Å². The number of hydrogen-bond donors (Lipinski definition) is 3. The number of nitrogens with two attached hydrogens (primary N) is 1. The average Bonchev–Trinajstić information content (AvgIpc) is 2.12. The maximum Gasteiger partial charge on any atom is 0.0726 e. The van der Waals surface area contributed by atoms with Gasteiger partial charge in [0.2, 0.25) is 0 Å². The standard InChI is InChI=1S/C5H13N3/c1-4(6)5-7-2-3-8-5/h4-5,7-8H,2-3,6H2,1H3. The summed E-state index contributed by atoms with van der Waals surface area (Å²) in [6, 6.07) is 0.220. The van der Waals surface area contributed by atoms with E-state index in [0.29, 0.717) is 6.17 Å². The average molecular weight is 115 g/mol. The van der Waals surface area contributed by atoms with Crippen LogP contribution in [0.25, 0.3) is 0 Å². The van der Waals surface area contributed by atoms with Gasteiger partial charge in [0.05, 0.1) is 6.17 Å². The zero-order valence-electron chi connectivity index (χ0n) is 5.15. The molecule has 0 aromatic carbocycles. The summed E-state index contributed by atoms with van der Waals surface area (Å²) in [5.74, 6) is 0. The Morgan fingerprint density at radius 1 is 1.50 bits per heavy atom. The first-order valence-corrected chi connectivity index (χ1v) is 3.03. The van der Waals surface area contributed by atoms with E-state index >= 15 is 0 Å². The van der Waals surface area contributed by atoms with Crippen molar-refractivity contribution in [3.63, 3.8) is 0 Å². The van der Waals surface area contributed by atoms with E-state index in [9.17, 15) is 0 Å². The minimum absolute atomic E-state index is 0.220. The van der Waals surface area contributed by atoms with Crippen molar-refractivity contribution in [1.29, 1.82) is 0 Å². The van der Waals surface area contributed by atoms with Gasteiger partial charge in [-0.3, -0.25) is 10.6 Å². The lowest BCUT2D eigenvalue weighted by Gasteiger charge is -2.13. The molecule has 1 unspecified atom stereocenters. The highest BCUT2D eigenvalue weighted by molar-refractivity contribution is 4.78. The fourth-order valence-electron chi connectivity index (χ4n) is 0.899. The van der Waals surface area contributed by atoms with Gasteiger partial charge < -0.3 is 5.73 Å². The van der Waals surface area contributed by atoms with E-state index in [-0.39, 0.29) is 6.04 Å². The van der Waals surface area contributed by atoms with Gasteiger partial charge in [0.1, 0.15) is 0 Å². The van der Waals surface area contributed by atoms with E-state index < -0.39 is 0 Å². The summed E-state index contributed by atoms with van der Waals surface area (Å²) in [4.78, 5) is 0. The van der Waals surface area contributed by atoms with Crippen molar-refractivity contribution in [3.05, 3.63) is 0 Å². The molecule has 0 aromatic heterocycles. The molecule has 0 amide bonds. The number of rotatable bonds is 1. The lowest BCUT2D eigenvalue weighted by Crippen LogP contribution is -2.45. The molecule has 1 atom stereocenters.